The minimum atomic E-state index is 0.647. The van der Waals surface area contributed by atoms with Crippen molar-refractivity contribution >= 4 is 5.69 Å². The molecule has 2 rings (SSSR count). The first-order chi connectivity index (χ1) is 7.15. The molecule has 1 aliphatic heterocycles. The molecule has 0 aromatic heterocycles. The van der Waals surface area contributed by atoms with Crippen molar-refractivity contribution in [1.82, 2.24) is 5.32 Å². The van der Waals surface area contributed by atoms with E-state index in [2.05, 4.69) is 43.2 Å². The van der Waals surface area contributed by atoms with Crippen LogP contribution in [0.4, 0.5) is 5.69 Å². The van der Waals surface area contributed by atoms with Crippen LogP contribution in [0.3, 0.4) is 0 Å². The number of likely N-dealkylation sites (N-methyl/N-ethyl adjacent to an activating group) is 2. The van der Waals surface area contributed by atoms with Crippen molar-refractivity contribution in [3.8, 4) is 0 Å². The first kappa shape index (κ1) is 10.5. The minimum Gasteiger partial charge on any atom is -0.373 e. The van der Waals surface area contributed by atoms with E-state index in [4.69, 9.17) is 0 Å². The molecule has 2 heteroatoms. The van der Waals surface area contributed by atoms with Gasteiger partial charge in [0.15, 0.2) is 0 Å². The third-order valence-corrected chi connectivity index (χ3v) is 3.50. The van der Waals surface area contributed by atoms with Crippen LogP contribution < -0.4 is 10.2 Å². The van der Waals surface area contributed by atoms with E-state index in [-0.39, 0.29) is 0 Å². The maximum atomic E-state index is 3.28. The van der Waals surface area contributed by atoms with Gasteiger partial charge in [0.2, 0.25) is 0 Å². The number of hydrogen-bond acceptors (Lipinski definition) is 2. The summed E-state index contributed by atoms with van der Waals surface area (Å²) in [4.78, 5) is 2.39. The number of benzene rings is 1. The molecule has 1 unspecified atom stereocenters. The van der Waals surface area contributed by atoms with Gasteiger partial charge in [0, 0.05) is 31.7 Å². The summed E-state index contributed by atoms with van der Waals surface area (Å²) in [5.74, 6) is 0.647. The summed E-state index contributed by atoms with van der Waals surface area (Å²) in [7, 11) is 4.22. The van der Waals surface area contributed by atoms with E-state index in [0.717, 1.165) is 13.1 Å². The van der Waals surface area contributed by atoms with Crippen molar-refractivity contribution in [3.05, 3.63) is 28.8 Å². The zero-order valence-electron chi connectivity index (χ0n) is 10.1. The molecule has 0 amide bonds. The standard InChI is InChI=1S/C13H20N2/c1-9-5-6-12-11(7-14-3)8-15(4)13(12)10(9)2/h5-6,11,14H,7-8H2,1-4H3. The monoisotopic (exact) mass is 204 g/mol. The van der Waals surface area contributed by atoms with Gasteiger partial charge in [-0.25, -0.2) is 0 Å². The maximum absolute atomic E-state index is 3.28. The zero-order chi connectivity index (χ0) is 11.0. The number of fused-ring (bicyclic) bond motifs is 1. The van der Waals surface area contributed by atoms with E-state index < -0.39 is 0 Å². The summed E-state index contributed by atoms with van der Waals surface area (Å²) in [6.07, 6.45) is 0. The molecule has 1 aromatic carbocycles. The molecule has 1 aromatic rings. The molecule has 82 valence electrons. The average Bonchev–Trinajstić information content (AvgIpc) is 2.51. The molecule has 0 aliphatic carbocycles. The first-order valence-electron chi connectivity index (χ1n) is 5.61. The fourth-order valence-electron chi connectivity index (χ4n) is 2.60. The van der Waals surface area contributed by atoms with E-state index in [1.54, 1.807) is 0 Å². The molecule has 0 bridgehead atoms. The molecular formula is C13H20N2. The van der Waals surface area contributed by atoms with Crippen molar-refractivity contribution in [2.45, 2.75) is 19.8 Å². The number of rotatable bonds is 2. The summed E-state index contributed by atoms with van der Waals surface area (Å²) in [6.45, 7) is 6.63. The van der Waals surface area contributed by atoms with Crippen LogP contribution in [0.5, 0.6) is 0 Å². The van der Waals surface area contributed by atoms with Crippen molar-refractivity contribution < 1.29 is 0 Å². The lowest BCUT2D eigenvalue weighted by Gasteiger charge is -2.16. The van der Waals surface area contributed by atoms with Crippen molar-refractivity contribution in [1.29, 1.82) is 0 Å². The van der Waals surface area contributed by atoms with Gasteiger partial charge in [-0.15, -0.1) is 0 Å². The lowest BCUT2D eigenvalue weighted by atomic mass is 9.97. The number of anilines is 1. The van der Waals surface area contributed by atoms with Gasteiger partial charge >= 0.3 is 0 Å². The van der Waals surface area contributed by atoms with Crippen LogP contribution in [-0.4, -0.2) is 27.2 Å². The van der Waals surface area contributed by atoms with Gasteiger partial charge in [0.05, 0.1) is 0 Å². The van der Waals surface area contributed by atoms with Gasteiger partial charge in [-0.05, 0) is 37.6 Å². The summed E-state index contributed by atoms with van der Waals surface area (Å²) in [5, 5.41) is 3.28. The molecule has 1 aliphatic rings. The van der Waals surface area contributed by atoms with Gasteiger partial charge < -0.3 is 10.2 Å². The topological polar surface area (TPSA) is 15.3 Å². The Bertz CT molecular complexity index is 371. The largest absolute Gasteiger partial charge is 0.373 e. The van der Waals surface area contributed by atoms with Gasteiger partial charge in [-0.1, -0.05) is 12.1 Å². The quantitative estimate of drug-likeness (QED) is 0.793. The molecular weight excluding hydrogens is 184 g/mol. The van der Waals surface area contributed by atoms with Crippen LogP contribution in [0.2, 0.25) is 0 Å². The number of nitrogens with one attached hydrogen (secondary N) is 1. The summed E-state index contributed by atoms with van der Waals surface area (Å²) in [5.41, 5.74) is 5.80. The molecule has 2 nitrogen and oxygen atoms in total. The van der Waals surface area contributed by atoms with E-state index in [0.29, 0.717) is 5.92 Å². The highest BCUT2D eigenvalue weighted by molar-refractivity contribution is 5.66. The Labute approximate surface area is 92.3 Å². The molecule has 0 saturated heterocycles. The minimum absolute atomic E-state index is 0.647. The molecule has 0 radical (unpaired) electrons. The molecule has 0 fully saturated rings. The smallest absolute Gasteiger partial charge is 0.0432 e. The lowest BCUT2D eigenvalue weighted by molar-refractivity contribution is 0.654. The van der Waals surface area contributed by atoms with Crippen LogP contribution in [0.25, 0.3) is 0 Å². The van der Waals surface area contributed by atoms with Crippen molar-refractivity contribution in [2.24, 2.45) is 0 Å². The normalized spacial score (nSPS) is 19.5. The predicted molar refractivity (Wildman–Crippen MR) is 65.9 cm³/mol. The van der Waals surface area contributed by atoms with E-state index in [1.165, 1.54) is 22.4 Å². The fraction of sp³-hybridized carbons (Fsp3) is 0.538. The number of nitrogens with zero attached hydrogens (tertiary/aromatic N) is 1. The second-order valence-corrected chi connectivity index (χ2v) is 4.58. The predicted octanol–water partition coefficient (Wildman–Crippen LogP) is 2.06. The van der Waals surface area contributed by atoms with Gasteiger partial charge in [-0.3, -0.25) is 0 Å². The Morgan fingerprint density at radius 2 is 2.13 bits per heavy atom. The Balaban J connectivity index is 2.45. The van der Waals surface area contributed by atoms with Crippen LogP contribution >= 0.6 is 0 Å². The Hall–Kier alpha value is -1.02. The SMILES string of the molecule is CNCC1CN(C)c2c1ccc(C)c2C. The first-order valence-corrected chi connectivity index (χ1v) is 5.61. The van der Waals surface area contributed by atoms with Gasteiger partial charge in [0.25, 0.3) is 0 Å². The van der Waals surface area contributed by atoms with Crippen LogP contribution in [0, 0.1) is 13.8 Å². The highest BCUT2D eigenvalue weighted by Crippen LogP contribution is 2.38. The van der Waals surface area contributed by atoms with Gasteiger partial charge in [0.1, 0.15) is 0 Å². The zero-order valence-corrected chi connectivity index (χ0v) is 10.1. The van der Waals surface area contributed by atoms with Crippen LogP contribution in [-0.2, 0) is 0 Å². The highest BCUT2D eigenvalue weighted by Gasteiger charge is 2.27. The molecule has 1 N–H and O–H groups in total. The van der Waals surface area contributed by atoms with Crippen molar-refractivity contribution in [3.63, 3.8) is 0 Å². The van der Waals surface area contributed by atoms with E-state index in [1.807, 2.05) is 7.05 Å². The third-order valence-electron chi connectivity index (χ3n) is 3.50. The third kappa shape index (κ3) is 1.63. The second kappa shape index (κ2) is 3.86. The average molecular weight is 204 g/mol. The molecule has 0 spiro atoms. The molecule has 1 heterocycles. The summed E-state index contributed by atoms with van der Waals surface area (Å²) >= 11 is 0. The molecule has 15 heavy (non-hydrogen) atoms. The summed E-state index contributed by atoms with van der Waals surface area (Å²) < 4.78 is 0. The second-order valence-electron chi connectivity index (χ2n) is 4.58. The molecule has 1 atom stereocenters. The Kier molecular flexibility index (Phi) is 2.70. The maximum Gasteiger partial charge on any atom is 0.0432 e. The lowest BCUT2D eigenvalue weighted by Crippen LogP contribution is -2.22. The molecule has 0 saturated carbocycles. The highest BCUT2D eigenvalue weighted by atomic mass is 15.1. The number of aryl methyl sites for hydroxylation is 1. The van der Waals surface area contributed by atoms with Crippen molar-refractivity contribution in [2.75, 3.05) is 32.1 Å². The van der Waals surface area contributed by atoms with Crippen LogP contribution in [0.15, 0.2) is 12.1 Å². The fourth-order valence-corrected chi connectivity index (χ4v) is 2.60. The van der Waals surface area contributed by atoms with Crippen LogP contribution in [0.1, 0.15) is 22.6 Å². The van der Waals surface area contributed by atoms with Gasteiger partial charge in [-0.2, -0.15) is 0 Å². The Morgan fingerprint density at radius 1 is 1.40 bits per heavy atom. The Morgan fingerprint density at radius 3 is 2.80 bits per heavy atom. The number of hydrogen-bond donors (Lipinski definition) is 1. The van der Waals surface area contributed by atoms with E-state index in [9.17, 15) is 0 Å². The van der Waals surface area contributed by atoms with E-state index >= 15 is 0 Å². The summed E-state index contributed by atoms with van der Waals surface area (Å²) in [6, 6.07) is 4.54.